The number of benzene rings is 1. The topological polar surface area (TPSA) is 72.2 Å². The maximum Gasteiger partial charge on any atom is 0.240 e. The molecule has 2 aromatic heterocycles. The third kappa shape index (κ3) is 3.24. The van der Waals surface area contributed by atoms with Crippen molar-refractivity contribution in [3.05, 3.63) is 59.5 Å². The average Bonchev–Trinajstić information content (AvgIpc) is 3.22. The molecule has 0 aliphatic carbocycles. The van der Waals surface area contributed by atoms with Gasteiger partial charge >= 0.3 is 0 Å². The van der Waals surface area contributed by atoms with Gasteiger partial charge in [-0.1, -0.05) is 23.7 Å². The predicted molar refractivity (Wildman–Crippen MR) is 95.4 cm³/mol. The minimum Gasteiger partial charge on any atom is -0.418 e. The summed E-state index contributed by atoms with van der Waals surface area (Å²) in [4.78, 5) is 5.04. The number of hydrogen-bond acceptors (Lipinski definition) is 6. The molecule has 1 N–H and O–H groups in total. The van der Waals surface area contributed by atoms with E-state index in [1.165, 1.54) is 35.6 Å². The Labute approximate surface area is 148 Å². The number of thiophene rings is 1. The molecule has 0 saturated heterocycles. The van der Waals surface area contributed by atoms with Crippen LogP contribution in [0.4, 0.5) is 5.88 Å². The lowest BCUT2D eigenvalue weighted by atomic mass is 10.4. The summed E-state index contributed by atoms with van der Waals surface area (Å²) in [6, 6.07) is 9.57. The third-order valence-corrected chi connectivity index (χ3v) is 5.90. The Kier molecular flexibility index (Phi) is 4.75. The largest absolute Gasteiger partial charge is 0.418 e. The maximum atomic E-state index is 12.9. The van der Waals surface area contributed by atoms with E-state index in [-0.39, 0.29) is 21.7 Å². The first-order chi connectivity index (χ1) is 11.5. The van der Waals surface area contributed by atoms with Crippen LogP contribution in [0.5, 0.6) is 0 Å². The van der Waals surface area contributed by atoms with Crippen LogP contribution in [0.2, 0.25) is 5.02 Å². The van der Waals surface area contributed by atoms with Gasteiger partial charge in [-0.3, -0.25) is 0 Å². The molecule has 2 heterocycles. The van der Waals surface area contributed by atoms with Gasteiger partial charge in [0.2, 0.25) is 26.6 Å². The van der Waals surface area contributed by atoms with Gasteiger partial charge in [0.1, 0.15) is 0 Å². The van der Waals surface area contributed by atoms with Gasteiger partial charge in [-0.25, -0.2) is 8.42 Å². The summed E-state index contributed by atoms with van der Waals surface area (Å²) in [5.41, 5.74) is 0. The summed E-state index contributed by atoms with van der Waals surface area (Å²) in [5.74, 6) is 0.345. The fourth-order valence-electron chi connectivity index (χ4n) is 2.00. The molecule has 0 saturated carbocycles. The van der Waals surface area contributed by atoms with Crippen LogP contribution in [0, 0.1) is 0 Å². The minimum atomic E-state index is -3.84. The summed E-state index contributed by atoms with van der Waals surface area (Å²) in [5, 5.41) is 5.05. The van der Waals surface area contributed by atoms with E-state index < -0.39 is 9.84 Å². The lowest BCUT2D eigenvalue weighted by Gasteiger charge is -2.04. The molecule has 0 unspecified atom stereocenters. The van der Waals surface area contributed by atoms with E-state index >= 15 is 0 Å². The quantitative estimate of drug-likeness (QED) is 0.638. The van der Waals surface area contributed by atoms with Gasteiger partial charge in [0.15, 0.2) is 0 Å². The molecule has 0 aliphatic rings. The van der Waals surface area contributed by atoms with E-state index in [0.29, 0.717) is 11.6 Å². The summed E-state index contributed by atoms with van der Waals surface area (Å²) in [6.45, 7) is 3.95. The van der Waals surface area contributed by atoms with Crippen molar-refractivity contribution in [1.82, 2.24) is 4.98 Å². The molecule has 0 amide bonds. The van der Waals surface area contributed by atoms with Crippen molar-refractivity contribution in [2.24, 2.45) is 0 Å². The Morgan fingerprint density at radius 3 is 2.67 bits per heavy atom. The van der Waals surface area contributed by atoms with Crippen LogP contribution in [0.1, 0.15) is 0 Å². The molecule has 0 atom stereocenters. The van der Waals surface area contributed by atoms with Crippen LogP contribution >= 0.6 is 22.9 Å². The number of rotatable bonds is 6. The highest BCUT2D eigenvalue weighted by Gasteiger charge is 2.28. The number of sulfone groups is 1. The number of anilines is 1. The van der Waals surface area contributed by atoms with Crippen LogP contribution < -0.4 is 5.32 Å². The van der Waals surface area contributed by atoms with Crippen LogP contribution in [-0.2, 0) is 9.84 Å². The lowest BCUT2D eigenvalue weighted by Crippen LogP contribution is -2.07. The second-order valence-electron chi connectivity index (χ2n) is 4.76. The SMILES string of the molecule is C=CCNc1oc(-c2cccs2)nc1S(=O)(=O)c1ccc(Cl)cc1. The molecule has 3 rings (SSSR count). The molecule has 0 aliphatic heterocycles. The maximum absolute atomic E-state index is 12.9. The van der Waals surface area contributed by atoms with E-state index in [0.717, 1.165) is 4.88 Å². The number of nitrogens with one attached hydrogen (secondary N) is 1. The zero-order valence-electron chi connectivity index (χ0n) is 12.4. The molecular weight excluding hydrogens is 368 g/mol. The zero-order chi connectivity index (χ0) is 17.2. The predicted octanol–water partition coefficient (Wildman–Crippen LogP) is 4.49. The van der Waals surface area contributed by atoms with Crippen LogP contribution in [0.25, 0.3) is 10.8 Å². The lowest BCUT2D eigenvalue weighted by molar-refractivity contribution is 0.580. The summed E-state index contributed by atoms with van der Waals surface area (Å²) in [6.07, 6.45) is 1.60. The summed E-state index contributed by atoms with van der Waals surface area (Å²) in [7, 11) is -3.84. The highest BCUT2D eigenvalue weighted by Crippen LogP contribution is 2.34. The zero-order valence-corrected chi connectivity index (χ0v) is 14.8. The van der Waals surface area contributed by atoms with E-state index in [4.69, 9.17) is 16.0 Å². The van der Waals surface area contributed by atoms with Gasteiger partial charge in [-0.15, -0.1) is 17.9 Å². The Hall–Kier alpha value is -2.09. The molecule has 124 valence electrons. The normalized spacial score (nSPS) is 11.4. The van der Waals surface area contributed by atoms with E-state index in [1.54, 1.807) is 6.08 Å². The van der Waals surface area contributed by atoms with Gasteiger partial charge in [-0.2, -0.15) is 4.98 Å². The molecule has 1 aromatic carbocycles. The molecule has 24 heavy (non-hydrogen) atoms. The molecule has 0 bridgehead atoms. The molecule has 8 heteroatoms. The Morgan fingerprint density at radius 1 is 1.29 bits per heavy atom. The number of aromatic nitrogens is 1. The Balaban J connectivity index is 2.10. The van der Waals surface area contributed by atoms with Gasteiger partial charge < -0.3 is 9.73 Å². The smallest absolute Gasteiger partial charge is 0.240 e. The van der Waals surface area contributed by atoms with Crippen molar-refractivity contribution < 1.29 is 12.8 Å². The summed E-state index contributed by atoms with van der Waals surface area (Å²) >= 11 is 7.24. The van der Waals surface area contributed by atoms with E-state index in [2.05, 4.69) is 16.9 Å². The van der Waals surface area contributed by atoms with Crippen molar-refractivity contribution >= 4 is 38.7 Å². The van der Waals surface area contributed by atoms with Crippen molar-refractivity contribution in [1.29, 1.82) is 0 Å². The fourth-order valence-corrected chi connectivity index (χ4v) is 4.05. The molecule has 0 radical (unpaired) electrons. The number of nitrogens with zero attached hydrogens (tertiary/aromatic N) is 1. The number of oxazole rings is 1. The molecule has 3 aromatic rings. The van der Waals surface area contributed by atoms with Crippen molar-refractivity contribution in [2.45, 2.75) is 9.92 Å². The highest BCUT2D eigenvalue weighted by molar-refractivity contribution is 7.91. The average molecular weight is 381 g/mol. The van der Waals surface area contributed by atoms with Gasteiger partial charge in [0.25, 0.3) is 0 Å². The van der Waals surface area contributed by atoms with Crippen LogP contribution in [0.15, 0.2) is 68.8 Å². The Morgan fingerprint density at radius 2 is 2.04 bits per heavy atom. The summed E-state index contributed by atoms with van der Waals surface area (Å²) < 4.78 is 31.4. The van der Waals surface area contributed by atoms with Crippen molar-refractivity contribution in [2.75, 3.05) is 11.9 Å². The van der Waals surface area contributed by atoms with Crippen LogP contribution in [0.3, 0.4) is 0 Å². The van der Waals surface area contributed by atoms with Gasteiger partial charge in [0, 0.05) is 11.6 Å². The molecule has 0 fully saturated rings. The monoisotopic (exact) mass is 380 g/mol. The van der Waals surface area contributed by atoms with Crippen molar-refractivity contribution in [3.8, 4) is 10.8 Å². The number of hydrogen-bond donors (Lipinski definition) is 1. The molecule has 5 nitrogen and oxygen atoms in total. The minimum absolute atomic E-state index is 0.0910. The first-order valence-corrected chi connectivity index (χ1v) is 9.66. The molecule has 0 spiro atoms. The second kappa shape index (κ2) is 6.80. The Bertz CT molecular complexity index is 946. The fraction of sp³-hybridized carbons (Fsp3) is 0.0625. The van der Waals surface area contributed by atoms with Crippen molar-refractivity contribution in [3.63, 3.8) is 0 Å². The van der Waals surface area contributed by atoms with Gasteiger partial charge in [0.05, 0.1) is 9.77 Å². The van der Waals surface area contributed by atoms with E-state index in [1.807, 2.05) is 17.5 Å². The first-order valence-electron chi connectivity index (χ1n) is 6.92. The first kappa shape index (κ1) is 16.8. The third-order valence-electron chi connectivity index (χ3n) is 3.11. The highest BCUT2D eigenvalue weighted by atomic mass is 35.5. The van der Waals surface area contributed by atoms with Gasteiger partial charge in [-0.05, 0) is 35.7 Å². The van der Waals surface area contributed by atoms with E-state index in [9.17, 15) is 8.42 Å². The second-order valence-corrected chi connectivity index (χ2v) is 8.01. The standard InChI is InChI=1S/C16H13ClN2O3S2/c1-2-9-18-15-16(19-14(22-15)13-4-3-10-23-13)24(20,21)12-7-5-11(17)6-8-12/h2-8,10,18H,1,9H2. The molecular formula is C16H13ClN2O3S2. The van der Waals surface area contributed by atoms with Crippen LogP contribution in [-0.4, -0.2) is 19.9 Å². The number of halogens is 1.